The minimum absolute atomic E-state index is 0.826. The molecule has 6 heteroatoms. The molecule has 87 heavy (non-hydrogen) atoms. The van der Waals surface area contributed by atoms with Crippen LogP contribution in [0.15, 0.2) is 343 Å². The number of hydrogen-bond acceptors (Lipinski definition) is 3. The lowest BCUT2D eigenvalue weighted by atomic mass is 10.00. The number of aliphatic imine (C=N–C) groups is 3. The smallest absolute Gasteiger partial charge is 0.0781 e. The molecule has 16 aromatic rings. The van der Waals surface area contributed by atoms with Crippen LogP contribution in [0.25, 0.3) is 82.5 Å². The van der Waals surface area contributed by atoms with Crippen molar-refractivity contribution in [1.82, 2.24) is 13.7 Å². The van der Waals surface area contributed by atoms with Crippen molar-refractivity contribution >= 4 is 99.6 Å². The summed E-state index contributed by atoms with van der Waals surface area (Å²) in [6.07, 6.45) is 0. The fourth-order valence-corrected chi connectivity index (χ4v) is 12.7. The fraction of sp³-hybridized carbons (Fsp3) is 0. The number of nitrogens with zero attached hydrogens (tertiary/aromatic N) is 6. The Hall–Kier alpha value is -11.7. The first-order valence-electron chi connectivity index (χ1n) is 29.5. The van der Waals surface area contributed by atoms with E-state index >= 15 is 0 Å². The van der Waals surface area contributed by atoms with Gasteiger partial charge in [-0.25, -0.2) is 15.0 Å². The van der Waals surface area contributed by atoms with Gasteiger partial charge in [-0.1, -0.05) is 218 Å². The Bertz CT molecular complexity index is 4830. The molecule has 0 N–H and O–H groups in total. The molecular formula is C81H54N6. The van der Waals surface area contributed by atoms with E-state index in [2.05, 4.69) is 317 Å². The van der Waals surface area contributed by atoms with Crippen molar-refractivity contribution in [3.63, 3.8) is 0 Å². The third-order valence-corrected chi connectivity index (χ3v) is 16.7. The van der Waals surface area contributed by atoms with Gasteiger partial charge in [0, 0.05) is 82.8 Å². The van der Waals surface area contributed by atoms with E-state index in [-0.39, 0.29) is 0 Å². The summed E-state index contributed by atoms with van der Waals surface area (Å²) >= 11 is 0. The molecule has 3 heterocycles. The molecule has 0 fully saturated rings. The van der Waals surface area contributed by atoms with Crippen molar-refractivity contribution in [2.75, 3.05) is 0 Å². The first-order chi connectivity index (χ1) is 43.1. The van der Waals surface area contributed by atoms with Crippen molar-refractivity contribution in [1.29, 1.82) is 0 Å². The van der Waals surface area contributed by atoms with Gasteiger partial charge in [0.2, 0.25) is 0 Å². The Balaban J connectivity index is 0.830. The Labute approximate surface area is 503 Å². The van der Waals surface area contributed by atoms with Gasteiger partial charge in [0.05, 0.1) is 67.3 Å². The van der Waals surface area contributed by atoms with Crippen LogP contribution >= 0.6 is 0 Å². The van der Waals surface area contributed by atoms with Crippen molar-refractivity contribution in [2.45, 2.75) is 0 Å². The lowest BCUT2D eigenvalue weighted by molar-refractivity contribution is 1.16. The van der Waals surface area contributed by atoms with Gasteiger partial charge in [-0.05, 0) is 109 Å². The summed E-state index contributed by atoms with van der Waals surface area (Å²) in [6, 6.07) is 116. The zero-order chi connectivity index (χ0) is 57.6. The van der Waals surface area contributed by atoms with Gasteiger partial charge in [0.25, 0.3) is 0 Å². The van der Waals surface area contributed by atoms with Crippen LogP contribution in [0.3, 0.4) is 0 Å². The molecule has 3 aromatic heterocycles. The van der Waals surface area contributed by atoms with Gasteiger partial charge in [0.15, 0.2) is 0 Å². The van der Waals surface area contributed by atoms with Crippen LogP contribution in [0.5, 0.6) is 0 Å². The maximum Gasteiger partial charge on any atom is 0.0781 e. The maximum absolute atomic E-state index is 5.53. The summed E-state index contributed by atoms with van der Waals surface area (Å²) in [5.41, 5.74) is 21.5. The van der Waals surface area contributed by atoms with E-state index in [1.807, 2.05) is 24.3 Å². The van der Waals surface area contributed by atoms with Crippen molar-refractivity contribution in [2.24, 2.45) is 15.0 Å². The van der Waals surface area contributed by atoms with Gasteiger partial charge >= 0.3 is 0 Å². The normalized spacial score (nSPS) is 11.4. The molecular weight excluding hydrogens is 1060 g/mol. The minimum Gasteiger partial charge on any atom is -0.309 e. The first-order valence-corrected chi connectivity index (χ1v) is 29.5. The zero-order valence-corrected chi connectivity index (χ0v) is 47.4. The molecule has 6 nitrogen and oxygen atoms in total. The Kier molecular flexibility index (Phi) is 12.8. The Morgan fingerprint density at radius 3 is 0.724 bits per heavy atom. The number of fused-ring (bicyclic) bond motifs is 9. The summed E-state index contributed by atoms with van der Waals surface area (Å²) in [5.74, 6) is 0. The van der Waals surface area contributed by atoms with Gasteiger partial charge in [-0.2, -0.15) is 0 Å². The summed E-state index contributed by atoms with van der Waals surface area (Å²) in [5, 5.41) is 7.27. The van der Waals surface area contributed by atoms with E-state index in [0.29, 0.717) is 0 Å². The van der Waals surface area contributed by atoms with Gasteiger partial charge in [0.1, 0.15) is 0 Å². The number of para-hydroxylation sites is 4. The highest BCUT2D eigenvalue weighted by Gasteiger charge is 2.20. The van der Waals surface area contributed by atoms with Crippen molar-refractivity contribution < 1.29 is 0 Å². The molecule has 0 bridgehead atoms. The van der Waals surface area contributed by atoms with E-state index in [9.17, 15) is 0 Å². The topological polar surface area (TPSA) is 51.9 Å². The van der Waals surface area contributed by atoms with E-state index in [1.165, 1.54) is 43.6 Å². The number of rotatable bonds is 12. The third-order valence-electron chi connectivity index (χ3n) is 16.7. The second kappa shape index (κ2) is 21.8. The average molecular weight is 1110 g/mol. The quantitative estimate of drug-likeness (QED) is 0.110. The van der Waals surface area contributed by atoms with E-state index in [1.54, 1.807) is 0 Å². The van der Waals surface area contributed by atoms with Crippen molar-refractivity contribution in [3.05, 3.63) is 361 Å². The van der Waals surface area contributed by atoms with Crippen LogP contribution < -0.4 is 0 Å². The molecule has 0 unspecified atom stereocenters. The van der Waals surface area contributed by atoms with Crippen LogP contribution in [0, 0.1) is 0 Å². The van der Waals surface area contributed by atoms with E-state index in [0.717, 1.165) is 106 Å². The SMILES string of the molecule is c1ccc(C(=Nc2ccc(C(=Nc3ccc(-n4c5ccc(-n6c7ccccc7c7ccccc76)cc5c5cc(-n6c7ccccc7c7ccccc76)ccc54)cc3)c3ccc(N=C(c4ccccc4)c4ccccc4)cc3)cc2)c2ccccc2)cc1. The summed E-state index contributed by atoms with van der Waals surface area (Å²) in [6.45, 7) is 0. The molecule has 0 atom stereocenters. The van der Waals surface area contributed by atoms with Crippen LogP contribution in [0.4, 0.5) is 17.1 Å². The first kappa shape index (κ1) is 51.0. The average Bonchev–Trinajstić information content (AvgIpc) is 1.87. The molecule has 0 aliphatic carbocycles. The van der Waals surface area contributed by atoms with Gasteiger partial charge in [-0.3, -0.25) is 0 Å². The predicted molar refractivity (Wildman–Crippen MR) is 364 cm³/mol. The highest BCUT2D eigenvalue weighted by molar-refractivity contribution is 6.18. The van der Waals surface area contributed by atoms with Crippen LogP contribution in [0.1, 0.15) is 33.4 Å². The molecule has 0 saturated carbocycles. The van der Waals surface area contributed by atoms with Crippen LogP contribution in [-0.4, -0.2) is 30.8 Å². The lowest BCUT2D eigenvalue weighted by Crippen LogP contribution is -2.04. The molecule has 0 aliphatic heterocycles. The van der Waals surface area contributed by atoms with Crippen molar-refractivity contribution in [3.8, 4) is 17.1 Å². The second-order valence-electron chi connectivity index (χ2n) is 21.9. The van der Waals surface area contributed by atoms with Gasteiger partial charge in [-0.15, -0.1) is 0 Å². The van der Waals surface area contributed by atoms with Gasteiger partial charge < -0.3 is 13.7 Å². The Morgan fingerprint density at radius 2 is 0.414 bits per heavy atom. The fourth-order valence-electron chi connectivity index (χ4n) is 12.7. The molecule has 13 aromatic carbocycles. The predicted octanol–water partition coefficient (Wildman–Crippen LogP) is 20.5. The highest BCUT2D eigenvalue weighted by atomic mass is 15.0. The summed E-state index contributed by atoms with van der Waals surface area (Å²) in [4.78, 5) is 16.1. The summed E-state index contributed by atoms with van der Waals surface area (Å²) < 4.78 is 7.23. The zero-order valence-electron chi connectivity index (χ0n) is 47.4. The third kappa shape index (κ3) is 9.30. The summed E-state index contributed by atoms with van der Waals surface area (Å²) in [7, 11) is 0. The van der Waals surface area contributed by atoms with E-state index < -0.39 is 0 Å². The number of benzene rings is 13. The molecule has 0 amide bonds. The lowest BCUT2D eigenvalue weighted by Gasteiger charge is -2.12. The standard InChI is InChI=1S/C81H54N6/c1-5-21-55(22-6-1)79(56-23-7-2-8-24-56)82-61-41-37-59(38-42-61)81(60-39-43-62(44-40-60)83-80(57-25-9-3-10-26-57)58-27-11-4-12-28-58)84-63-45-47-64(48-46-63)85-77-51-49-65(86-73-33-17-13-29-67(73)68-30-14-18-34-74(68)86)53-71(77)72-54-66(50-52-78(72)85)87-75-35-19-15-31-69(75)70-32-16-20-36-76(70)87/h1-54H. The molecule has 0 spiro atoms. The highest BCUT2D eigenvalue weighted by Crippen LogP contribution is 2.40. The monoisotopic (exact) mass is 1110 g/mol. The molecule has 0 aliphatic rings. The molecule has 0 radical (unpaired) electrons. The molecule has 16 rings (SSSR count). The number of aromatic nitrogens is 3. The largest absolute Gasteiger partial charge is 0.309 e. The molecule has 0 saturated heterocycles. The Morgan fingerprint density at radius 1 is 0.184 bits per heavy atom. The molecule has 408 valence electrons. The maximum atomic E-state index is 5.53. The van der Waals surface area contributed by atoms with E-state index in [4.69, 9.17) is 15.0 Å². The minimum atomic E-state index is 0.826. The second-order valence-corrected chi connectivity index (χ2v) is 21.9. The number of hydrogen-bond donors (Lipinski definition) is 0. The van der Waals surface area contributed by atoms with Crippen LogP contribution in [0.2, 0.25) is 0 Å². The van der Waals surface area contributed by atoms with Crippen LogP contribution in [-0.2, 0) is 0 Å².